The molecule has 0 saturated carbocycles. The van der Waals surface area contributed by atoms with Gasteiger partial charge in [-0.1, -0.05) is 67.1 Å². The summed E-state index contributed by atoms with van der Waals surface area (Å²) < 4.78 is 0. The van der Waals surface area contributed by atoms with Crippen LogP contribution in [-0.2, 0) is 6.42 Å². The largest absolute Gasteiger partial charge is 0.391 e. The van der Waals surface area contributed by atoms with Gasteiger partial charge in [-0.2, -0.15) is 0 Å². The molecule has 0 radical (unpaired) electrons. The van der Waals surface area contributed by atoms with Gasteiger partial charge in [0.1, 0.15) is 0 Å². The molecule has 2 heteroatoms. The molecule has 2 unspecified atom stereocenters. The third-order valence-electron chi connectivity index (χ3n) is 3.80. The molecular weight excluding hydrogens is 258 g/mol. The van der Waals surface area contributed by atoms with Crippen LogP contribution in [0.4, 0.5) is 0 Å². The molecule has 2 rings (SSSR count). The second-order valence-electron chi connectivity index (χ2n) is 5.62. The predicted octanol–water partition coefficient (Wildman–Crippen LogP) is 3.64. The molecule has 0 amide bonds. The first-order chi connectivity index (χ1) is 10.2. The van der Waals surface area contributed by atoms with Crippen LogP contribution >= 0.6 is 0 Å². The summed E-state index contributed by atoms with van der Waals surface area (Å²) in [5.41, 5.74) is 3.74. The Morgan fingerprint density at radius 1 is 1.00 bits per heavy atom. The van der Waals surface area contributed by atoms with Crippen molar-refractivity contribution in [2.75, 3.05) is 6.54 Å². The van der Waals surface area contributed by atoms with Gasteiger partial charge in [0, 0.05) is 12.6 Å². The van der Waals surface area contributed by atoms with Crippen molar-refractivity contribution >= 4 is 0 Å². The van der Waals surface area contributed by atoms with E-state index in [-0.39, 0.29) is 6.10 Å². The van der Waals surface area contributed by atoms with Crippen molar-refractivity contribution in [1.29, 1.82) is 0 Å². The topological polar surface area (TPSA) is 32.3 Å². The van der Waals surface area contributed by atoms with E-state index in [1.165, 1.54) is 16.7 Å². The monoisotopic (exact) mass is 283 g/mol. The van der Waals surface area contributed by atoms with E-state index < -0.39 is 0 Å². The van der Waals surface area contributed by atoms with Crippen molar-refractivity contribution in [3.63, 3.8) is 0 Å². The number of aliphatic hydroxyl groups is 1. The van der Waals surface area contributed by atoms with Gasteiger partial charge in [0.2, 0.25) is 0 Å². The standard InChI is InChI=1S/C19H25NO/c1-3-19(17-11-9-15(2)10-12-17)20-14-18(21)13-16-7-5-4-6-8-16/h4-12,18-21H,3,13-14H2,1-2H3. The Hall–Kier alpha value is -1.64. The zero-order valence-corrected chi connectivity index (χ0v) is 12.9. The van der Waals surface area contributed by atoms with E-state index >= 15 is 0 Å². The lowest BCUT2D eigenvalue weighted by Crippen LogP contribution is -2.31. The predicted molar refractivity (Wildman–Crippen MR) is 88.4 cm³/mol. The van der Waals surface area contributed by atoms with E-state index in [1.54, 1.807) is 0 Å². The van der Waals surface area contributed by atoms with Gasteiger partial charge in [0.05, 0.1) is 6.10 Å². The summed E-state index contributed by atoms with van der Waals surface area (Å²) in [5, 5.41) is 13.7. The minimum atomic E-state index is -0.355. The minimum absolute atomic E-state index is 0.302. The van der Waals surface area contributed by atoms with E-state index in [9.17, 15) is 5.11 Å². The summed E-state index contributed by atoms with van der Waals surface area (Å²) in [6.45, 7) is 4.88. The van der Waals surface area contributed by atoms with Gasteiger partial charge in [-0.15, -0.1) is 0 Å². The lowest BCUT2D eigenvalue weighted by molar-refractivity contribution is 0.167. The highest BCUT2D eigenvalue weighted by Gasteiger charge is 2.11. The summed E-state index contributed by atoms with van der Waals surface area (Å²) in [5.74, 6) is 0. The Bertz CT molecular complexity index is 521. The minimum Gasteiger partial charge on any atom is -0.391 e. The maximum atomic E-state index is 10.2. The molecule has 0 fully saturated rings. The third kappa shape index (κ3) is 5.00. The van der Waals surface area contributed by atoms with Crippen LogP contribution in [0.2, 0.25) is 0 Å². The molecule has 0 spiro atoms. The third-order valence-corrected chi connectivity index (χ3v) is 3.80. The highest BCUT2D eigenvalue weighted by Crippen LogP contribution is 2.17. The van der Waals surface area contributed by atoms with Gasteiger partial charge in [-0.05, 0) is 30.9 Å². The number of aliphatic hydroxyl groups excluding tert-OH is 1. The molecule has 2 aromatic rings. The molecule has 0 aliphatic carbocycles. The Morgan fingerprint density at radius 2 is 1.67 bits per heavy atom. The molecule has 0 aliphatic rings. The molecule has 0 aliphatic heterocycles. The quantitative estimate of drug-likeness (QED) is 0.813. The molecule has 2 aromatic carbocycles. The number of nitrogens with one attached hydrogen (secondary N) is 1. The lowest BCUT2D eigenvalue weighted by atomic mass is 10.0. The van der Waals surface area contributed by atoms with Crippen LogP contribution in [0.3, 0.4) is 0 Å². The van der Waals surface area contributed by atoms with Crippen LogP contribution < -0.4 is 5.32 Å². The molecule has 2 nitrogen and oxygen atoms in total. The molecule has 112 valence electrons. The van der Waals surface area contributed by atoms with Crippen molar-refractivity contribution in [2.24, 2.45) is 0 Å². The van der Waals surface area contributed by atoms with Crippen LogP contribution in [-0.4, -0.2) is 17.8 Å². The second-order valence-corrected chi connectivity index (χ2v) is 5.62. The zero-order valence-electron chi connectivity index (χ0n) is 12.9. The smallest absolute Gasteiger partial charge is 0.0705 e. The fraction of sp³-hybridized carbons (Fsp3) is 0.368. The second kappa shape index (κ2) is 7.96. The zero-order chi connectivity index (χ0) is 15.1. The van der Waals surface area contributed by atoms with Crippen molar-refractivity contribution in [3.05, 3.63) is 71.3 Å². The van der Waals surface area contributed by atoms with Crippen LogP contribution in [0.15, 0.2) is 54.6 Å². The SMILES string of the molecule is CCC(NCC(O)Cc1ccccc1)c1ccc(C)cc1. The molecule has 0 aromatic heterocycles. The summed E-state index contributed by atoms with van der Waals surface area (Å²) in [4.78, 5) is 0. The van der Waals surface area contributed by atoms with Crippen molar-refractivity contribution < 1.29 is 5.11 Å². The summed E-state index contributed by atoms with van der Waals surface area (Å²) in [6, 6.07) is 19.0. The average molecular weight is 283 g/mol. The maximum absolute atomic E-state index is 10.2. The maximum Gasteiger partial charge on any atom is 0.0705 e. The van der Waals surface area contributed by atoms with Gasteiger partial charge < -0.3 is 10.4 Å². The fourth-order valence-corrected chi connectivity index (χ4v) is 2.53. The van der Waals surface area contributed by atoms with Crippen LogP contribution in [0.1, 0.15) is 36.1 Å². The number of hydrogen-bond donors (Lipinski definition) is 2. The van der Waals surface area contributed by atoms with E-state index in [0.29, 0.717) is 19.0 Å². The van der Waals surface area contributed by atoms with E-state index in [4.69, 9.17) is 0 Å². The van der Waals surface area contributed by atoms with Crippen LogP contribution in [0.5, 0.6) is 0 Å². The normalized spacial score (nSPS) is 13.9. The van der Waals surface area contributed by atoms with E-state index in [2.05, 4.69) is 55.6 Å². The Kier molecular flexibility index (Phi) is 5.97. The highest BCUT2D eigenvalue weighted by atomic mass is 16.3. The Balaban J connectivity index is 1.86. The van der Waals surface area contributed by atoms with Crippen molar-refractivity contribution in [3.8, 4) is 0 Å². The lowest BCUT2D eigenvalue weighted by Gasteiger charge is -2.20. The Morgan fingerprint density at radius 3 is 2.29 bits per heavy atom. The first kappa shape index (κ1) is 15.7. The van der Waals surface area contributed by atoms with Crippen LogP contribution in [0.25, 0.3) is 0 Å². The molecule has 2 atom stereocenters. The molecule has 2 N–H and O–H groups in total. The molecular formula is C19H25NO. The summed E-state index contributed by atoms with van der Waals surface area (Å²) in [6.07, 6.45) is 1.35. The molecule has 0 saturated heterocycles. The van der Waals surface area contributed by atoms with Crippen molar-refractivity contribution in [2.45, 2.75) is 38.8 Å². The van der Waals surface area contributed by atoms with Gasteiger partial charge >= 0.3 is 0 Å². The number of benzene rings is 2. The van der Waals surface area contributed by atoms with Gasteiger partial charge in [0.25, 0.3) is 0 Å². The van der Waals surface area contributed by atoms with Gasteiger partial charge in [0.15, 0.2) is 0 Å². The summed E-state index contributed by atoms with van der Waals surface area (Å²) in [7, 11) is 0. The summed E-state index contributed by atoms with van der Waals surface area (Å²) >= 11 is 0. The number of hydrogen-bond acceptors (Lipinski definition) is 2. The number of rotatable bonds is 7. The van der Waals surface area contributed by atoms with Gasteiger partial charge in [-0.3, -0.25) is 0 Å². The van der Waals surface area contributed by atoms with Crippen molar-refractivity contribution in [1.82, 2.24) is 5.32 Å². The fourth-order valence-electron chi connectivity index (χ4n) is 2.53. The molecule has 21 heavy (non-hydrogen) atoms. The van der Waals surface area contributed by atoms with Crippen LogP contribution in [0, 0.1) is 6.92 Å². The first-order valence-electron chi connectivity index (χ1n) is 7.71. The first-order valence-corrected chi connectivity index (χ1v) is 7.71. The van der Waals surface area contributed by atoms with Gasteiger partial charge in [-0.25, -0.2) is 0 Å². The molecule has 0 bridgehead atoms. The Labute approximate surface area is 127 Å². The van der Waals surface area contributed by atoms with E-state index in [1.807, 2.05) is 18.2 Å². The number of aryl methyl sites for hydroxylation is 1. The average Bonchev–Trinajstić information content (AvgIpc) is 2.50. The van der Waals surface area contributed by atoms with E-state index in [0.717, 1.165) is 6.42 Å². The highest BCUT2D eigenvalue weighted by molar-refractivity contribution is 5.24. The molecule has 0 heterocycles.